The lowest BCUT2D eigenvalue weighted by Gasteiger charge is -2.11. The Kier molecular flexibility index (Phi) is 4.40. The molecule has 4 nitrogen and oxygen atoms in total. The van der Waals surface area contributed by atoms with Gasteiger partial charge in [0.2, 0.25) is 0 Å². The molecule has 0 aliphatic rings. The molecule has 0 bridgehead atoms. The van der Waals surface area contributed by atoms with Gasteiger partial charge in [-0.25, -0.2) is 0 Å². The number of rotatable bonds is 4. The van der Waals surface area contributed by atoms with E-state index in [9.17, 15) is 9.90 Å². The number of benzene rings is 1. The maximum absolute atomic E-state index is 10.1. The highest BCUT2D eigenvalue weighted by Crippen LogP contribution is 2.17. The maximum atomic E-state index is 10.1. The summed E-state index contributed by atoms with van der Waals surface area (Å²) in [4.78, 5) is 10.1. The first kappa shape index (κ1) is 12.1. The van der Waals surface area contributed by atoms with Gasteiger partial charge >= 0.3 is 0 Å². The number of carbonyl (C=O) groups excluding carboxylic acids is 1. The van der Waals surface area contributed by atoms with Crippen molar-refractivity contribution in [1.82, 2.24) is 0 Å². The second kappa shape index (κ2) is 5.81. The predicted molar refractivity (Wildman–Crippen MR) is 58.1 cm³/mol. The highest BCUT2D eigenvalue weighted by atomic mass is 16.3. The Labute approximate surface area is 93.1 Å². The van der Waals surface area contributed by atoms with Crippen LogP contribution >= 0.6 is 0 Å². The molecule has 0 aliphatic carbocycles. The summed E-state index contributed by atoms with van der Waals surface area (Å²) in [6.07, 6.45) is 0.993. The fourth-order valence-electron chi connectivity index (χ4n) is 1.21. The van der Waals surface area contributed by atoms with Crippen LogP contribution in [0.25, 0.3) is 6.08 Å². The molecule has 1 aromatic rings. The van der Waals surface area contributed by atoms with Gasteiger partial charge in [-0.15, -0.1) is 0 Å². The first-order valence-electron chi connectivity index (χ1n) is 4.66. The minimum Gasteiger partial charge on any atom is -0.385 e. The highest BCUT2D eigenvalue weighted by Gasteiger charge is 2.16. The zero-order valence-electron chi connectivity index (χ0n) is 8.45. The third-order valence-corrected chi connectivity index (χ3v) is 2.08. The Morgan fingerprint density at radius 1 is 1.25 bits per heavy atom. The number of aliphatic hydroxyl groups is 2. The van der Waals surface area contributed by atoms with E-state index in [0.29, 0.717) is 11.8 Å². The lowest BCUT2D eigenvalue weighted by Crippen LogP contribution is -2.15. The van der Waals surface area contributed by atoms with Crippen LogP contribution in [0.15, 0.2) is 30.3 Å². The van der Waals surface area contributed by atoms with Gasteiger partial charge in [-0.3, -0.25) is 4.79 Å². The van der Waals surface area contributed by atoms with Gasteiger partial charge in [-0.1, -0.05) is 30.3 Å². The van der Waals surface area contributed by atoms with E-state index < -0.39 is 12.2 Å². The Morgan fingerprint density at radius 2 is 1.88 bits per heavy atom. The Hall–Kier alpha value is -1.96. The summed E-state index contributed by atoms with van der Waals surface area (Å²) in [7, 11) is 0. The largest absolute Gasteiger partial charge is 0.385 e. The van der Waals surface area contributed by atoms with Crippen LogP contribution in [0.3, 0.4) is 0 Å². The second-order valence-electron chi connectivity index (χ2n) is 3.18. The topological polar surface area (TPSA) is 81.3 Å². The molecule has 82 valence electrons. The van der Waals surface area contributed by atoms with Gasteiger partial charge in [0.1, 0.15) is 12.4 Å². The molecule has 2 N–H and O–H groups in total. The monoisotopic (exact) mass is 217 g/mol. The fraction of sp³-hybridized carbons (Fsp3) is 0.167. The van der Waals surface area contributed by atoms with Crippen molar-refractivity contribution >= 4 is 12.4 Å². The molecule has 0 saturated carbocycles. The van der Waals surface area contributed by atoms with E-state index in [-0.39, 0.29) is 0 Å². The van der Waals surface area contributed by atoms with Crippen molar-refractivity contribution in [2.24, 2.45) is 0 Å². The lowest BCUT2D eigenvalue weighted by molar-refractivity contribution is -0.104. The van der Waals surface area contributed by atoms with Gasteiger partial charge < -0.3 is 10.2 Å². The average molecular weight is 217 g/mol. The molecule has 0 amide bonds. The van der Waals surface area contributed by atoms with Crippen molar-refractivity contribution in [3.8, 4) is 6.07 Å². The standard InChI is InChI=1S/C12H11NO3/c13-8-11(15)12(16)10-5-3-9(4-6-10)2-1-7-14/h1-7,11-12,15-16H/b2-1+. The van der Waals surface area contributed by atoms with Crippen LogP contribution in [0.5, 0.6) is 0 Å². The number of allylic oxidation sites excluding steroid dienone is 1. The predicted octanol–water partition coefficient (Wildman–Crippen LogP) is 0.817. The first-order chi connectivity index (χ1) is 7.69. The van der Waals surface area contributed by atoms with Gasteiger partial charge in [0.25, 0.3) is 0 Å². The SMILES string of the molecule is N#CC(O)C(O)c1ccc(/C=C/C=O)cc1. The van der Waals surface area contributed by atoms with Gasteiger partial charge in [-0.2, -0.15) is 5.26 Å². The molecule has 0 saturated heterocycles. The number of aliphatic hydroxyl groups excluding tert-OH is 2. The van der Waals surface area contributed by atoms with E-state index in [1.54, 1.807) is 36.4 Å². The normalized spacial score (nSPS) is 14.3. The fourth-order valence-corrected chi connectivity index (χ4v) is 1.21. The van der Waals surface area contributed by atoms with Crippen molar-refractivity contribution in [3.63, 3.8) is 0 Å². The van der Waals surface area contributed by atoms with E-state index >= 15 is 0 Å². The van der Waals surface area contributed by atoms with Gasteiger partial charge in [0, 0.05) is 0 Å². The Balaban J connectivity index is 2.83. The summed E-state index contributed by atoms with van der Waals surface area (Å²) >= 11 is 0. The van der Waals surface area contributed by atoms with Crippen LogP contribution in [0.2, 0.25) is 0 Å². The van der Waals surface area contributed by atoms with E-state index in [0.717, 1.165) is 5.56 Å². The molecule has 0 heterocycles. The molecule has 0 radical (unpaired) electrons. The number of nitriles is 1. The number of hydrogen-bond donors (Lipinski definition) is 2. The third kappa shape index (κ3) is 3.02. The van der Waals surface area contributed by atoms with Gasteiger partial charge in [0.15, 0.2) is 6.10 Å². The summed E-state index contributed by atoms with van der Waals surface area (Å²) in [5.41, 5.74) is 1.26. The second-order valence-corrected chi connectivity index (χ2v) is 3.18. The summed E-state index contributed by atoms with van der Waals surface area (Å²) < 4.78 is 0. The minimum atomic E-state index is -1.43. The van der Waals surface area contributed by atoms with Crippen molar-refractivity contribution in [2.75, 3.05) is 0 Å². The summed E-state index contributed by atoms with van der Waals surface area (Å²) in [5, 5.41) is 27.1. The van der Waals surface area contributed by atoms with Crippen LogP contribution in [-0.2, 0) is 4.79 Å². The molecule has 0 spiro atoms. The van der Waals surface area contributed by atoms with E-state index in [2.05, 4.69) is 0 Å². The minimum absolute atomic E-state index is 0.456. The first-order valence-corrected chi connectivity index (χ1v) is 4.66. The average Bonchev–Trinajstić information content (AvgIpc) is 2.35. The number of aldehydes is 1. The van der Waals surface area contributed by atoms with Crippen molar-refractivity contribution in [3.05, 3.63) is 41.5 Å². The number of nitrogens with zero attached hydrogens (tertiary/aromatic N) is 1. The molecule has 0 aliphatic heterocycles. The summed E-state index contributed by atoms with van der Waals surface area (Å²) in [6, 6.07) is 8.11. The molecule has 2 atom stereocenters. The molecule has 0 aromatic heterocycles. The molecule has 4 heteroatoms. The summed E-state index contributed by atoms with van der Waals surface area (Å²) in [5.74, 6) is 0. The number of carbonyl (C=O) groups is 1. The molecular formula is C12H11NO3. The molecule has 2 unspecified atom stereocenters. The quantitative estimate of drug-likeness (QED) is 0.444. The van der Waals surface area contributed by atoms with E-state index in [1.807, 2.05) is 0 Å². The molecule has 1 rings (SSSR count). The zero-order valence-corrected chi connectivity index (χ0v) is 8.45. The molecule has 16 heavy (non-hydrogen) atoms. The lowest BCUT2D eigenvalue weighted by atomic mass is 10.0. The Bertz CT molecular complexity index is 417. The van der Waals surface area contributed by atoms with Crippen molar-refractivity contribution in [1.29, 1.82) is 5.26 Å². The number of hydrogen-bond acceptors (Lipinski definition) is 4. The van der Waals surface area contributed by atoms with Crippen LogP contribution in [-0.4, -0.2) is 22.6 Å². The van der Waals surface area contributed by atoms with E-state index in [1.165, 1.54) is 6.08 Å². The van der Waals surface area contributed by atoms with Gasteiger partial charge in [-0.05, 0) is 17.2 Å². The van der Waals surface area contributed by atoms with Crippen molar-refractivity contribution in [2.45, 2.75) is 12.2 Å². The molecule has 0 fully saturated rings. The summed E-state index contributed by atoms with van der Waals surface area (Å²) in [6.45, 7) is 0. The third-order valence-electron chi connectivity index (χ3n) is 2.08. The smallest absolute Gasteiger partial charge is 0.170 e. The van der Waals surface area contributed by atoms with Crippen LogP contribution in [0, 0.1) is 11.3 Å². The zero-order chi connectivity index (χ0) is 12.0. The van der Waals surface area contributed by atoms with Crippen molar-refractivity contribution < 1.29 is 15.0 Å². The van der Waals surface area contributed by atoms with E-state index in [4.69, 9.17) is 10.4 Å². The highest BCUT2D eigenvalue weighted by molar-refractivity contribution is 5.73. The van der Waals surface area contributed by atoms with Gasteiger partial charge in [0.05, 0.1) is 6.07 Å². The molecular weight excluding hydrogens is 206 g/mol. The Morgan fingerprint density at radius 3 is 2.38 bits per heavy atom. The van der Waals surface area contributed by atoms with Crippen LogP contribution < -0.4 is 0 Å². The molecule has 1 aromatic carbocycles. The van der Waals surface area contributed by atoms with Crippen LogP contribution in [0.4, 0.5) is 0 Å². The van der Waals surface area contributed by atoms with Crippen LogP contribution in [0.1, 0.15) is 17.2 Å². The maximum Gasteiger partial charge on any atom is 0.170 e.